The highest BCUT2D eigenvalue weighted by atomic mass is 16.5. The molecule has 0 unspecified atom stereocenters. The molecule has 1 amide bonds. The summed E-state index contributed by atoms with van der Waals surface area (Å²) in [5, 5.41) is 8.04. The lowest BCUT2D eigenvalue weighted by Crippen LogP contribution is -2.46. The Bertz CT molecular complexity index is 724. The Balaban J connectivity index is 1.47. The summed E-state index contributed by atoms with van der Waals surface area (Å²) in [6.45, 7) is 1.76. The molecule has 1 aliphatic heterocycles. The third-order valence-corrected chi connectivity index (χ3v) is 5.08. The molecule has 4 rings (SSSR count). The maximum atomic E-state index is 13.1. The molecule has 0 bridgehead atoms. The van der Waals surface area contributed by atoms with Gasteiger partial charge in [0.2, 0.25) is 5.91 Å². The summed E-state index contributed by atoms with van der Waals surface area (Å²) in [6.07, 6.45) is 4.26. The average molecular weight is 326 g/mol. The minimum Gasteiger partial charge on any atom is -0.366 e. The van der Waals surface area contributed by atoms with Crippen molar-refractivity contribution in [2.45, 2.75) is 25.4 Å². The number of ether oxygens (including phenoxy) is 1. The molecule has 24 heavy (non-hydrogen) atoms. The molecule has 1 saturated carbocycles. The first kappa shape index (κ1) is 15.3. The van der Waals surface area contributed by atoms with Crippen LogP contribution in [-0.4, -0.2) is 45.3 Å². The number of carbonyl (C=O) groups excluding carboxylic acids is 1. The zero-order chi connectivity index (χ0) is 16.6. The third-order valence-electron chi connectivity index (χ3n) is 5.08. The van der Waals surface area contributed by atoms with Crippen molar-refractivity contribution in [2.75, 3.05) is 19.7 Å². The third kappa shape index (κ3) is 2.82. The fourth-order valence-electron chi connectivity index (χ4n) is 3.51. The van der Waals surface area contributed by atoms with Crippen LogP contribution in [0.4, 0.5) is 0 Å². The molecule has 126 valence electrons. The molecule has 2 fully saturated rings. The zero-order valence-corrected chi connectivity index (χ0v) is 13.9. The molecule has 2 aliphatic rings. The van der Waals surface area contributed by atoms with Gasteiger partial charge < -0.3 is 14.2 Å². The van der Waals surface area contributed by atoms with Crippen LogP contribution < -0.4 is 0 Å². The Labute approximate surface area is 141 Å². The van der Waals surface area contributed by atoms with E-state index >= 15 is 0 Å². The summed E-state index contributed by atoms with van der Waals surface area (Å²) < 4.78 is 7.67. The van der Waals surface area contributed by atoms with E-state index in [1.165, 1.54) is 5.56 Å². The van der Waals surface area contributed by atoms with Crippen molar-refractivity contribution in [3.63, 3.8) is 0 Å². The molecular formula is C18H22N4O2. The monoisotopic (exact) mass is 326 g/mol. The molecule has 0 N–H and O–H groups in total. The second-order valence-corrected chi connectivity index (χ2v) is 6.85. The summed E-state index contributed by atoms with van der Waals surface area (Å²) in [4.78, 5) is 15.1. The van der Waals surface area contributed by atoms with Gasteiger partial charge in [-0.3, -0.25) is 4.79 Å². The van der Waals surface area contributed by atoms with E-state index in [1.807, 2.05) is 34.7 Å². The largest absolute Gasteiger partial charge is 0.366 e. The van der Waals surface area contributed by atoms with E-state index < -0.39 is 0 Å². The molecule has 2 heterocycles. The molecular weight excluding hydrogens is 304 g/mol. The normalized spacial score (nSPS) is 22.4. The van der Waals surface area contributed by atoms with Crippen LogP contribution in [0.1, 0.15) is 30.3 Å². The predicted octanol–water partition coefficient (Wildman–Crippen LogP) is 1.74. The van der Waals surface area contributed by atoms with Gasteiger partial charge in [-0.2, -0.15) is 0 Å². The molecule has 1 aliphatic carbocycles. The second kappa shape index (κ2) is 6.02. The van der Waals surface area contributed by atoms with Crippen molar-refractivity contribution < 1.29 is 9.53 Å². The van der Waals surface area contributed by atoms with Gasteiger partial charge in [-0.15, -0.1) is 10.2 Å². The molecule has 0 radical (unpaired) electrons. The van der Waals surface area contributed by atoms with Crippen LogP contribution >= 0.6 is 0 Å². The summed E-state index contributed by atoms with van der Waals surface area (Å²) in [6, 6.07) is 10.3. The fourth-order valence-corrected chi connectivity index (χ4v) is 3.51. The summed E-state index contributed by atoms with van der Waals surface area (Å²) in [5.74, 6) is 1.04. The van der Waals surface area contributed by atoms with Crippen molar-refractivity contribution in [1.82, 2.24) is 19.7 Å². The Kier molecular flexibility index (Phi) is 3.84. The van der Waals surface area contributed by atoms with Gasteiger partial charge in [-0.25, -0.2) is 0 Å². The summed E-state index contributed by atoms with van der Waals surface area (Å²) in [7, 11) is 1.90. The minimum atomic E-state index is -0.205. The van der Waals surface area contributed by atoms with Crippen molar-refractivity contribution in [3.05, 3.63) is 48.0 Å². The lowest BCUT2D eigenvalue weighted by Gasteiger charge is -2.34. The van der Waals surface area contributed by atoms with Crippen LogP contribution in [-0.2, 0) is 23.0 Å². The van der Waals surface area contributed by atoms with Crippen molar-refractivity contribution in [3.8, 4) is 0 Å². The maximum absolute atomic E-state index is 13.1. The van der Waals surface area contributed by atoms with E-state index in [2.05, 4.69) is 22.3 Å². The zero-order valence-electron chi connectivity index (χ0n) is 13.9. The highest BCUT2D eigenvalue weighted by molar-refractivity contribution is 5.85. The number of nitrogens with zero attached hydrogens (tertiary/aromatic N) is 4. The van der Waals surface area contributed by atoms with Gasteiger partial charge in [0.1, 0.15) is 12.4 Å². The van der Waals surface area contributed by atoms with Crippen LogP contribution in [0.15, 0.2) is 36.7 Å². The average Bonchev–Trinajstić information content (AvgIpc) is 3.27. The number of hydrogen-bond donors (Lipinski definition) is 0. The maximum Gasteiger partial charge on any atom is 0.229 e. The van der Waals surface area contributed by atoms with Gasteiger partial charge in [0, 0.05) is 13.6 Å². The highest BCUT2D eigenvalue weighted by Gasteiger charge is 2.52. The molecule has 6 heteroatoms. The van der Waals surface area contributed by atoms with Crippen LogP contribution in [0.2, 0.25) is 0 Å². The second-order valence-electron chi connectivity index (χ2n) is 6.85. The Morgan fingerprint density at radius 1 is 1.33 bits per heavy atom. The molecule has 0 spiro atoms. The standard InChI is InChI=1S/C18H22N4O2/c1-21-13-19-20-16(21)15-12-22(9-10-24-15)17(23)18(7-8-18)11-14-5-3-2-4-6-14/h2-6,13,15H,7-12H2,1H3/t15-/m0/s1. The van der Waals surface area contributed by atoms with Gasteiger partial charge in [-0.1, -0.05) is 30.3 Å². The molecule has 1 aromatic heterocycles. The lowest BCUT2D eigenvalue weighted by atomic mass is 9.94. The van der Waals surface area contributed by atoms with E-state index in [9.17, 15) is 4.79 Å². The number of hydrogen-bond acceptors (Lipinski definition) is 4. The number of aryl methyl sites for hydroxylation is 1. The number of aromatic nitrogens is 3. The van der Waals surface area contributed by atoms with Gasteiger partial charge in [0.05, 0.1) is 18.6 Å². The molecule has 6 nitrogen and oxygen atoms in total. The summed E-state index contributed by atoms with van der Waals surface area (Å²) in [5.41, 5.74) is 1.03. The van der Waals surface area contributed by atoms with Crippen molar-refractivity contribution >= 4 is 5.91 Å². The van der Waals surface area contributed by atoms with Gasteiger partial charge in [0.15, 0.2) is 5.82 Å². The first-order chi connectivity index (χ1) is 11.7. The minimum absolute atomic E-state index is 0.192. The molecule has 1 atom stereocenters. The first-order valence-electron chi connectivity index (χ1n) is 8.47. The van der Waals surface area contributed by atoms with Gasteiger partial charge in [0.25, 0.3) is 0 Å². The Morgan fingerprint density at radius 2 is 2.12 bits per heavy atom. The van der Waals surface area contributed by atoms with E-state index in [0.29, 0.717) is 19.7 Å². The Hall–Kier alpha value is -2.21. The van der Waals surface area contributed by atoms with Gasteiger partial charge >= 0.3 is 0 Å². The van der Waals surface area contributed by atoms with Gasteiger partial charge in [-0.05, 0) is 24.8 Å². The predicted molar refractivity (Wildman–Crippen MR) is 88.1 cm³/mol. The van der Waals surface area contributed by atoms with Crippen LogP contribution in [0.3, 0.4) is 0 Å². The van der Waals surface area contributed by atoms with Crippen LogP contribution in [0.5, 0.6) is 0 Å². The Morgan fingerprint density at radius 3 is 2.79 bits per heavy atom. The van der Waals surface area contributed by atoms with E-state index in [4.69, 9.17) is 4.74 Å². The molecule has 2 aromatic rings. The highest BCUT2D eigenvalue weighted by Crippen LogP contribution is 2.50. The summed E-state index contributed by atoms with van der Waals surface area (Å²) >= 11 is 0. The lowest BCUT2D eigenvalue weighted by molar-refractivity contribution is -0.145. The molecule has 1 saturated heterocycles. The van der Waals surface area contributed by atoms with Crippen molar-refractivity contribution in [1.29, 1.82) is 0 Å². The van der Waals surface area contributed by atoms with E-state index in [-0.39, 0.29) is 17.4 Å². The van der Waals surface area contributed by atoms with Crippen molar-refractivity contribution in [2.24, 2.45) is 12.5 Å². The number of carbonyl (C=O) groups is 1. The van der Waals surface area contributed by atoms with Crippen LogP contribution in [0, 0.1) is 5.41 Å². The first-order valence-corrected chi connectivity index (χ1v) is 8.47. The number of morpholine rings is 1. The smallest absolute Gasteiger partial charge is 0.229 e. The van der Waals surface area contributed by atoms with E-state index in [1.54, 1.807) is 6.33 Å². The SMILES string of the molecule is Cn1cnnc1[C@@H]1CN(C(=O)C2(Cc3ccccc3)CC2)CCO1. The number of rotatable bonds is 4. The molecule has 1 aromatic carbocycles. The van der Waals surface area contributed by atoms with E-state index in [0.717, 1.165) is 25.1 Å². The van der Waals surface area contributed by atoms with Crippen LogP contribution in [0.25, 0.3) is 0 Å². The topological polar surface area (TPSA) is 60.2 Å². The number of benzene rings is 1. The fraction of sp³-hybridized carbons (Fsp3) is 0.500. The number of amides is 1. The quantitative estimate of drug-likeness (QED) is 0.859.